The van der Waals surface area contributed by atoms with Gasteiger partial charge in [-0.15, -0.1) is 11.3 Å². The Bertz CT molecular complexity index is 939. The zero-order valence-corrected chi connectivity index (χ0v) is 15.5. The molecular formula is C19H14ClF3N2OS. The highest BCUT2D eigenvalue weighted by atomic mass is 35.5. The van der Waals surface area contributed by atoms with Gasteiger partial charge in [-0.2, -0.15) is 13.2 Å². The van der Waals surface area contributed by atoms with Crippen molar-refractivity contribution in [3.8, 4) is 10.6 Å². The lowest BCUT2D eigenvalue weighted by molar-refractivity contribution is -0.137. The normalized spacial score (nSPS) is 11.4. The summed E-state index contributed by atoms with van der Waals surface area (Å²) in [7, 11) is 0. The molecule has 0 fully saturated rings. The van der Waals surface area contributed by atoms with Crippen molar-refractivity contribution in [2.75, 3.05) is 0 Å². The molecule has 0 aliphatic carbocycles. The van der Waals surface area contributed by atoms with Crippen LogP contribution in [0.4, 0.5) is 13.2 Å². The van der Waals surface area contributed by atoms with E-state index in [9.17, 15) is 18.0 Å². The van der Waals surface area contributed by atoms with E-state index in [0.717, 1.165) is 17.7 Å². The quantitative estimate of drug-likeness (QED) is 0.616. The molecule has 3 nitrogen and oxygen atoms in total. The SMILES string of the molecule is O=C(Cc1csc(-c2ccc(C(F)(F)F)cc2)n1)NCc1cccc(Cl)c1. The summed E-state index contributed by atoms with van der Waals surface area (Å²) in [5, 5.41) is 5.69. The van der Waals surface area contributed by atoms with E-state index in [1.54, 1.807) is 23.6 Å². The molecule has 140 valence electrons. The molecule has 1 N–H and O–H groups in total. The van der Waals surface area contributed by atoms with Gasteiger partial charge in [0, 0.05) is 22.5 Å². The van der Waals surface area contributed by atoms with Crippen molar-refractivity contribution in [2.45, 2.75) is 19.1 Å². The number of carbonyl (C=O) groups excluding carboxylic acids is 1. The third-order valence-corrected chi connectivity index (χ3v) is 4.91. The summed E-state index contributed by atoms with van der Waals surface area (Å²) in [4.78, 5) is 16.4. The number of thiazole rings is 1. The monoisotopic (exact) mass is 410 g/mol. The van der Waals surface area contributed by atoms with Crippen molar-refractivity contribution >= 4 is 28.8 Å². The molecule has 1 amide bonds. The summed E-state index contributed by atoms with van der Waals surface area (Å²) in [5.74, 6) is -0.195. The number of aromatic nitrogens is 1. The van der Waals surface area contributed by atoms with Gasteiger partial charge >= 0.3 is 6.18 Å². The fourth-order valence-electron chi connectivity index (χ4n) is 2.40. The van der Waals surface area contributed by atoms with E-state index in [1.807, 2.05) is 6.07 Å². The highest BCUT2D eigenvalue weighted by Crippen LogP contribution is 2.31. The molecule has 0 spiro atoms. The number of hydrogen-bond donors (Lipinski definition) is 1. The third kappa shape index (κ3) is 5.30. The van der Waals surface area contributed by atoms with Gasteiger partial charge in [-0.05, 0) is 29.8 Å². The molecule has 0 atom stereocenters. The number of nitrogens with one attached hydrogen (secondary N) is 1. The molecule has 0 bridgehead atoms. The molecule has 1 aromatic heterocycles. The van der Waals surface area contributed by atoms with E-state index in [1.165, 1.54) is 23.5 Å². The predicted molar refractivity (Wildman–Crippen MR) is 99.6 cm³/mol. The van der Waals surface area contributed by atoms with Crippen molar-refractivity contribution in [1.82, 2.24) is 10.3 Å². The van der Waals surface area contributed by atoms with Crippen LogP contribution in [0.2, 0.25) is 5.02 Å². The van der Waals surface area contributed by atoms with Gasteiger partial charge in [0.05, 0.1) is 17.7 Å². The summed E-state index contributed by atoms with van der Waals surface area (Å²) < 4.78 is 37.9. The standard InChI is InChI=1S/C19H14ClF3N2OS/c20-15-3-1-2-12(8-15)10-24-17(26)9-16-11-27-18(25-16)13-4-6-14(7-5-13)19(21,22)23/h1-8,11H,9-10H2,(H,24,26). The molecule has 27 heavy (non-hydrogen) atoms. The number of carbonyl (C=O) groups is 1. The smallest absolute Gasteiger partial charge is 0.352 e. The number of alkyl halides is 3. The van der Waals surface area contributed by atoms with Crippen LogP contribution in [0.5, 0.6) is 0 Å². The van der Waals surface area contributed by atoms with Gasteiger partial charge in [-0.1, -0.05) is 35.9 Å². The Balaban J connectivity index is 1.59. The summed E-state index contributed by atoms with van der Waals surface area (Å²) in [6.45, 7) is 0.356. The van der Waals surface area contributed by atoms with E-state index in [0.29, 0.717) is 27.8 Å². The van der Waals surface area contributed by atoms with E-state index >= 15 is 0 Å². The lowest BCUT2D eigenvalue weighted by Crippen LogP contribution is -2.24. The van der Waals surface area contributed by atoms with Crippen molar-refractivity contribution in [1.29, 1.82) is 0 Å². The van der Waals surface area contributed by atoms with E-state index in [-0.39, 0.29) is 12.3 Å². The number of benzene rings is 2. The largest absolute Gasteiger partial charge is 0.416 e. The maximum absolute atomic E-state index is 12.6. The lowest BCUT2D eigenvalue weighted by Gasteiger charge is -2.06. The Kier molecular flexibility index (Phi) is 5.82. The first-order valence-electron chi connectivity index (χ1n) is 7.94. The Morgan fingerprint density at radius 1 is 1.15 bits per heavy atom. The minimum atomic E-state index is -4.37. The Morgan fingerprint density at radius 2 is 1.89 bits per heavy atom. The predicted octanol–water partition coefficient (Wildman–Crippen LogP) is 5.34. The summed E-state index contributed by atoms with van der Waals surface area (Å²) in [5.41, 5.74) is 1.33. The highest BCUT2D eigenvalue weighted by molar-refractivity contribution is 7.13. The van der Waals surface area contributed by atoms with Crippen LogP contribution in [0, 0.1) is 0 Å². The van der Waals surface area contributed by atoms with Crippen LogP contribution >= 0.6 is 22.9 Å². The Labute approximate surface area is 162 Å². The molecule has 3 rings (SSSR count). The van der Waals surface area contributed by atoms with Crippen LogP contribution in [0.1, 0.15) is 16.8 Å². The molecule has 1 heterocycles. The zero-order valence-electron chi connectivity index (χ0n) is 13.9. The fourth-order valence-corrected chi connectivity index (χ4v) is 3.44. The number of amides is 1. The Morgan fingerprint density at radius 3 is 2.56 bits per heavy atom. The summed E-state index contributed by atoms with van der Waals surface area (Å²) >= 11 is 7.19. The molecule has 8 heteroatoms. The first-order valence-corrected chi connectivity index (χ1v) is 9.20. The number of rotatable bonds is 5. The van der Waals surface area contributed by atoms with Gasteiger partial charge in [0.25, 0.3) is 0 Å². The molecule has 0 aliphatic heterocycles. The average Bonchev–Trinajstić information content (AvgIpc) is 3.08. The van der Waals surface area contributed by atoms with Crippen LogP contribution < -0.4 is 5.32 Å². The second-order valence-corrected chi connectivity index (χ2v) is 7.10. The minimum Gasteiger partial charge on any atom is -0.352 e. The van der Waals surface area contributed by atoms with E-state index < -0.39 is 11.7 Å². The molecule has 0 aliphatic rings. The van der Waals surface area contributed by atoms with Crippen molar-refractivity contribution in [2.24, 2.45) is 0 Å². The minimum absolute atomic E-state index is 0.0949. The average molecular weight is 411 g/mol. The van der Waals surface area contributed by atoms with Crippen molar-refractivity contribution in [3.63, 3.8) is 0 Å². The van der Waals surface area contributed by atoms with E-state index in [2.05, 4.69) is 10.3 Å². The molecule has 0 saturated heterocycles. The van der Waals surface area contributed by atoms with Crippen LogP contribution in [-0.4, -0.2) is 10.9 Å². The first kappa shape index (κ1) is 19.4. The van der Waals surface area contributed by atoms with Gasteiger partial charge < -0.3 is 5.32 Å². The van der Waals surface area contributed by atoms with Gasteiger partial charge in [0.2, 0.25) is 5.91 Å². The third-order valence-electron chi connectivity index (χ3n) is 3.73. The van der Waals surface area contributed by atoms with Gasteiger partial charge in [-0.25, -0.2) is 4.98 Å². The van der Waals surface area contributed by atoms with Crippen LogP contribution in [-0.2, 0) is 23.9 Å². The lowest BCUT2D eigenvalue weighted by atomic mass is 10.1. The van der Waals surface area contributed by atoms with E-state index in [4.69, 9.17) is 11.6 Å². The number of halogens is 4. The molecule has 0 saturated carbocycles. The van der Waals surface area contributed by atoms with Gasteiger partial charge in [0.15, 0.2) is 0 Å². The van der Waals surface area contributed by atoms with Gasteiger partial charge in [0.1, 0.15) is 5.01 Å². The topological polar surface area (TPSA) is 42.0 Å². The highest BCUT2D eigenvalue weighted by Gasteiger charge is 2.30. The number of hydrogen-bond acceptors (Lipinski definition) is 3. The molecule has 2 aromatic carbocycles. The van der Waals surface area contributed by atoms with Gasteiger partial charge in [-0.3, -0.25) is 4.79 Å². The van der Waals surface area contributed by atoms with Crippen LogP contribution in [0.3, 0.4) is 0 Å². The van der Waals surface area contributed by atoms with Crippen LogP contribution in [0.15, 0.2) is 53.9 Å². The second kappa shape index (κ2) is 8.10. The fraction of sp³-hybridized carbons (Fsp3) is 0.158. The zero-order chi connectivity index (χ0) is 19.4. The second-order valence-electron chi connectivity index (χ2n) is 5.80. The molecule has 0 radical (unpaired) electrons. The Hall–Kier alpha value is -2.38. The molecule has 3 aromatic rings. The molecular weight excluding hydrogens is 397 g/mol. The number of nitrogens with zero attached hydrogens (tertiary/aromatic N) is 1. The maximum atomic E-state index is 12.6. The van der Waals surface area contributed by atoms with Crippen molar-refractivity contribution in [3.05, 3.63) is 75.8 Å². The first-order chi connectivity index (χ1) is 12.8. The summed E-state index contributed by atoms with van der Waals surface area (Å²) in [6, 6.07) is 12.0. The summed E-state index contributed by atoms with van der Waals surface area (Å²) in [6.07, 6.45) is -4.27. The molecule has 0 unspecified atom stereocenters. The maximum Gasteiger partial charge on any atom is 0.416 e. The van der Waals surface area contributed by atoms with Crippen molar-refractivity contribution < 1.29 is 18.0 Å². The van der Waals surface area contributed by atoms with Crippen LogP contribution in [0.25, 0.3) is 10.6 Å².